The molecule has 1 aliphatic carbocycles. The normalized spacial score (nSPS) is 15.5. The zero-order chi connectivity index (χ0) is 23.7. The van der Waals surface area contributed by atoms with E-state index in [0.29, 0.717) is 18.9 Å². The van der Waals surface area contributed by atoms with Gasteiger partial charge in [0, 0.05) is 19.5 Å². The molecule has 0 bridgehead atoms. The molecule has 0 aliphatic heterocycles. The second-order valence-electron chi connectivity index (χ2n) is 10.1. The maximum atomic E-state index is 13.9. The van der Waals surface area contributed by atoms with Gasteiger partial charge in [-0.15, -0.1) is 0 Å². The van der Waals surface area contributed by atoms with Crippen LogP contribution in [0.4, 0.5) is 4.79 Å². The molecule has 1 aliphatic rings. The highest BCUT2D eigenvalue weighted by molar-refractivity contribution is 5.86. The minimum Gasteiger partial charge on any atom is -0.444 e. The Morgan fingerprint density at radius 3 is 2.09 bits per heavy atom. The van der Waals surface area contributed by atoms with Gasteiger partial charge in [-0.3, -0.25) is 4.79 Å². The number of alkyl carbamates (subject to hydrolysis) is 1. The van der Waals surface area contributed by atoms with Gasteiger partial charge in [0.25, 0.3) is 0 Å². The number of nitrogens with one attached hydrogen (secondary N) is 1. The molecule has 3 rings (SSSR count). The smallest absolute Gasteiger partial charge is 0.408 e. The molecule has 0 radical (unpaired) electrons. The Balaban J connectivity index is 1.82. The molecule has 5 nitrogen and oxygen atoms in total. The molecule has 2 aromatic rings. The third kappa shape index (κ3) is 8.56. The first-order valence-corrected chi connectivity index (χ1v) is 12.2. The van der Waals surface area contributed by atoms with Crippen LogP contribution >= 0.6 is 0 Å². The molecule has 0 aromatic heterocycles. The summed E-state index contributed by atoms with van der Waals surface area (Å²) in [6, 6.07) is 19.2. The molecular formula is C28H38N2O3. The summed E-state index contributed by atoms with van der Waals surface area (Å²) in [7, 11) is 0. The summed E-state index contributed by atoms with van der Waals surface area (Å²) in [5.74, 6) is 0.449. The topological polar surface area (TPSA) is 58.6 Å². The summed E-state index contributed by atoms with van der Waals surface area (Å²) >= 11 is 0. The maximum absolute atomic E-state index is 13.9. The molecule has 33 heavy (non-hydrogen) atoms. The third-order valence-electron chi connectivity index (χ3n) is 6.00. The van der Waals surface area contributed by atoms with Crippen molar-refractivity contribution in [1.29, 1.82) is 0 Å². The van der Waals surface area contributed by atoms with Gasteiger partial charge in [-0.2, -0.15) is 0 Å². The molecule has 5 heteroatoms. The first-order chi connectivity index (χ1) is 15.8. The molecule has 178 valence electrons. The van der Waals surface area contributed by atoms with Crippen LogP contribution in [0.25, 0.3) is 0 Å². The van der Waals surface area contributed by atoms with Gasteiger partial charge in [0.2, 0.25) is 5.91 Å². The summed E-state index contributed by atoms with van der Waals surface area (Å²) in [6.45, 7) is 6.73. The molecule has 1 atom stereocenters. The summed E-state index contributed by atoms with van der Waals surface area (Å²) in [6.07, 6.45) is 5.90. The molecule has 0 heterocycles. The summed E-state index contributed by atoms with van der Waals surface area (Å²) in [5, 5.41) is 2.87. The van der Waals surface area contributed by atoms with E-state index in [2.05, 4.69) is 17.4 Å². The molecule has 1 saturated carbocycles. The molecule has 2 aromatic carbocycles. The Morgan fingerprint density at radius 2 is 1.52 bits per heavy atom. The highest BCUT2D eigenvalue weighted by Gasteiger charge is 2.30. The zero-order valence-corrected chi connectivity index (χ0v) is 20.3. The van der Waals surface area contributed by atoms with Crippen LogP contribution < -0.4 is 5.32 Å². The minimum atomic E-state index is -0.686. The van der Waals surface area contributed by atoms with Crippen molar-refractivity contribution in [2.75, 3.05) is 6.54 Å². The standard InChI is InChI=1S/C28H38N2O3/c1-28(2,3)33-27(32)29-25(19-22-13-7-4-8-14-22)26(31)30(20-23-15-9-5-10-16-23)21-24-17-11-6-12-18-24/h4-5,7-10,13-16,24-25H,6,11-12,17-21H2,1-3H3,(H,29,32)/t25-/m0/s1. The van der Waals surface area contributed by atoms with Crippen molar-refractivity contribution in [3.8, 4) is 0 Å². The number of carbonyl (C=O) groups is 2. The largest absolute Gasteiger partial charge is 0.444 e. The third-order valence-corrected chi connectivity index (χ3v) is 6.00. The number of hydrogen-bond acceptors (Lipinski definition) is 3. The Labute approximate surface area is 198 Å². The fraction of sp³-hybridized carbons (Fsp3) is 0.500. The van der Waals surface area contributed by atoms with Gasteiger partial charge >= 0.3 is 6.09 Å². The number of rotatable bonds is 8. The van der Waals surface area contributed by atoms with Crippen LogP contribution in [0.2, 0.25) is 0 Å². The molecule has 2 amide bonds. The van der Waals surface area contributed by atoms with Crippen LogP contribution in [-0.4, -0.2) is 35.1 Å². The van der Waals surface area contributed by atoms with E-state index in [-0.39, 0.29) is 5.91 Å². The highest BCUT2D eigenvalue weighted by atomic mass is 16.6. The lowest BCUT2D eigenvalue weighted by Gasteiger charge is -2.33. The quantitative estimate of drug-likeness (QED) is 0.559. The average molecular weight is 451 g/mol. The fourth-order valence-electron chi connectivity index (χ4n) is 4.44. The van der Waals surface area contributed by atoms with Crippen LogP contribution in [0.5, 0.6) is 0 Å². The molecule has 1 fully saturated rings. The van der Waals surface area contributed by atoms with Crippen molar-refractivity contribution in [3.05, 3.63) is 71.8 Å². The Morgan fingerprint density at radius 1 is 0.939 bits per heavy atom. The van der Waals surface area contributed by atoms with Crippen LogP contribution in [0.15, 0.2) is 60.7 Å². The van der Waals surface area contributed by atoms with Crippen molar-refractivity contribution in [3.63, 3.8) is 0 Å². The summed E-state index contributed by atoms with van der Waals surface area (Å²) in [5.41, 5.74) is 1.47. The van der Waals surface area contributed by atoms with E-state index < -0.39 is 17.7 Å². The van der Waals surface area contributed by atoms with Crippen LogP contribution in [-0.2, 0) is 22.5 Å². The monoisotopic (exact) mass is 450 g/mol. The Kier molecular flexibility index (Phi) is 8.93. The molecule has 0 spiro atoms. The number of benzene rings is 2. The fourth-order valence-corrected chi connectivity index (χ4v) is 4.44. The maximum Gasteiger partial charge on any atom is 0.408 e. The lowest BCUT2D eigenvalue weighted by Crippen LogP contribution is -2.51. The van der Waals surface area contributed by atoms with Crippen LogP contribution in [0.3, 0.4) is 0 Å². The van der Waals surface area contributed by atoms with E-state index in [4.69, 9.17) is 4.74 Å². The van der Waals surface area contributed by atoms with Gasteiger partial charge < -0.3 is 15.0 Å². The molecular weight excluding hydrogens is 412 g/mol. The number of nitrogens with zero attached hydrogens (tertiary/aromatic N) is 1. The van der Waals surface area contributed by atoms with Gasteiger partial charge in [0.05, 0.1) is 0 Å². The van der Waals surface area contributed by atoms with Crippen LogP contribution in [0.1, 0.15) is 64.0 Å². The first kappa shape index (κ1) is 24.8. The van der Waals surface area contributed by atoms with Crippen molar-refractivity contribution < 1.29 is 14.3 Å². The Hall–Kier alpha value is -2.82. The summed E-state index contributed by atoms with van der Waals surface area (Å²) in [4.78, 5) is 28.5. The number of hydrogen-bond donors (Lipinski definition) is 1. The second kappa shape index (κ2) is 11.9. The predicted molar refractivity (Wildman–Crippen MR) is 132 cm³/mol. The Bertz CT molecular complexity index is 871. The van der Waals surface area contributed by atoms with Gasteiger partial charge in [0.15, 0.2) is 0 Å². The molecule has 1 N–H and O–H groups in total. The van der Waals surface area contributed by atoms with Gasteiger partial charge in [-0.05, 0) is 50.7 Å². The first-order valence-electron chi connectivity index (χ1n) is 12.2. The van der Waals surface area contributed by atoms with Crippen molar-refractivity contribution >= 4 is 12.0 Å². The summed E-state index contributed by atoms with van der Waals surface area (Å²) < 4.78 is 5.48. The van der Waals surface area contributed by atoms with Crippen LogP contribution in [0, 0.1) is 5.92 Å². The van der Waals surface area contributed by atoms with E-state index in [1.54, 1.807) is 0 Å². The van der Waals surface area contributed by atoms with E-state index in [1.807, 2.05) is 74.2 Å². The highest BCUT2D eigenvalue weighted by Crippen LogP contribution is 2.25. The van der Waals surface area contributed by atoms with Crippen molar-refractivity contribution in [2.24, 2.45) is 5.92 Å². The van der Waals surface area contributed by atoms with Crippen molar-refractivity contribution in [2.45, 2.75) is 77.5 Å². The second-order valence-corrected chi connectivity index (χ2v) is 10.1. The van der Waals surface area contributed by atoms with E-state index in [9.17, 15) is 9.59 Å². The number of carbonyl (C=O) groups excluding carboxylic acids is 2. The van der Waals surface area contributed by atoms with Crippen molar-refractivity contribution in [1.82, 2.24) is 10.2 Å². The average Bonchev–Trinajstić information content (AvgIpc) is 2.78. The van der Waals surface area contributed by atoms with Gasteiger partial charge in [0.1, 0.15) is 11.6 Å². The van der Waals surface area contributed by atoms with E-state index in [1.165, 1.54) is 19.3 Å². The molecule has 0 saturated heterocycles. The minimum absolute atomic E-state index is 0.0564. The molecule has 0 unspecified atom stereocenters. The van der Waals surface area contributed by atoms with Gasteiger partial charge in [-0.1, -0.05) is 79.9 Å². The SMILES string of the molecule is CC(C)(C)OC(=O)N[C@@H](Cc1ccccc1)C(=O)N(Cc1ccccc1)CC1CCCCC1. The number of ether oxygens (including phenoxy) is 1. The lowest BCUT2D eigenvalue weighted by molar-refractivity contribution is -0.135. The number of amides is 2. The zero-order valence-electron chi connectivity index (χ0n) is 20.3. The van der Waals surface area contributed by atoms with Gasteiger partial charge in [-0.25, -0.2) is 4.79 Å². The van der Waals surface area contributed by atoms with E-state index >= 15 is 0 Å². The van der Waals surface area contributed by atoms with E-state index in [0.717, 1.165) is 30.5 Å². The lowest BCUT2D eigenvalue weighted by atomic mass is 9.88. The predicted octanol–water partition coefficient (Wildman–Crippen LogP) is 5.73.